The molecule has 1 saturated heterocycles. The second-order valence-corrected chi connectivity index (χ2v) is 6.02. The van der Waals surface area contributed by atoms with Gasteiger partial charge in [0.15, 0.2) is 0 Å². The quantitative estimate of drug-likeness (QED) is 0.936. The topological polar surface area (TPSA) is 49.0 Å². The number of thiophene rings is 1. The van der Waals surface area contributed by atoms with Crippen LogP contribution in [-0.2, 0) is 4.79 Å². The number of hydrogen-bond donors (Lipinski definition) is 1. The van der Waals surface area contributed by atoms with E-state index in [-0.39, 0.29) is 17.9 Å². The van der Waals surface area contributed by atoms with Crippen molar-refractivity contribution in [3.63, 3.8) is 0 Å². The Bertz CT molecular complexity index is 573. The molecule has 3 heterocycles. The third-order valence-electron chi connectivity index (χ3n) is 3.60. The van der Waals surface area contributed by atoms with Crippen LogP contribution in [0.4, 0.5) is 0 Å². The molecular formula is C14H17N3OS. The van der Waals surface area contributed by atoms with Crippen molar-refractivity contribution in [2.45, 2.75) is 32.2 Å². The van der Waals surface area contributed by atoms with Crippen molar-refractivity contribution in [2.75, 3.05) is 6.54 Å². The first-order chi connectivity index (χ1) is 9.15. The van der Waals surface area contributed by atoms with Gasteiger partial charge in [0, 0.05) is 35.9 Å². The first kappa shape index (κ1) is 12.4. The van der Waals surface area contributed by atoms with Crippen LogP contribution in [0, 0.1) is 0 Å². The van der Waals surface area contributed by atoms with Gasteiger partial charge >= 0.3 is 0 Å². The minimum Gasteiger partial charge on any atom is -0.342 e. The van der Waals surface area contributed by atoms with Gasteiger partial charge in [-0.2, -0.15) is 11.3 Å². The fourth-order valence-electron chi connectivity index (χ4n) is 2.52. The Balaban J connectivity index is 1.79. The van der Waals surface area contributed by atoms with Crippen LogP contribution in [0.15, 0.2) is 23.0 Å². The van der Waals surface area contributed by atoms with Gasteiger partial charge < -0.3 is 9.88 Å². The molecule has 1 amide bonds. The molecule has 3 rings (SSSR count). The number of carbonyl (C=O) groups excluding carboxylic acids is 1. The van der Waals surface area contributed by atoms with E-state index in [0.29, 0.717) is 6.42 Å². The Morgan fingerprint density at radius 3 is 3.00 bits per heavy atom. The van der Waals surface area contributed by atoms with E-state index >= 15 is 0 Å². The van der Waals surface area contributed by atoms with Crippen LogP contribution in [0.5, 0.6) is 0 Å². The zero-order valence-corrected chi connectivity index (χ0v) is 11.9. The van der Waals surface area contributed by atoms with Crippen LogP contribution in [0.3, 0.4) is 0 Å². The summed E-state index contributed by atoms with van der Waals surface area (Å²) < 4.78 is 0. The molecule has 1 atom stereocenters. The van der Waals surface area contributed by atoms with Crippen LogP contribution in [0.25, 0.3) is 11.3 Å². The van der Waals surface area contributed by atoms with Gasteiger partial charge in [-0.05, 0) is 25.3 Å². The molecule has 19 heavy (non-hydrogen) atoms. The predicted molar refractivity (Wildman–Crippen MR) is 76.1 cm³/mol. The normalized spacial score (nSPS) is 19.6. The van der Waals surface area contributed by atoms with E-state index in [1.54, 1.807) is 11.3 Å². The predicted octanol–water partition coefficient (Wildman–Crippen LogP) is 2.86. The van der Waals surface area contributed by atoms with Crippen LogP contribution in [-0.4, -0.2) is 33.4 Å². The zero-order chi connectivity index (χ0) is 13.4. The molecule has 1 aliphatic rings. The van der Waals surface area contributed by atoms with Crippen LogP contribution in [0.2, 0.25) is 0 Å². The van der Waals surface area contributed by atoms with Gasteiger partial charge in [0.05, 0.1) is 11.9 Å². The molecule has 5 heteroatoms. The number of rotatable bonds is 3. The van der Waals surface area contributed by atoms with E-state index in [1.807, 2.05) is 11.1 Å². The second kappa shape index (κ2) is 4.81. The summed E-state index contributed by atoms with van der Waals surface area (Å²) in [5.74, 6) is 1.36. The molecule has 0 bridgehead atoms. The SMILES string of the molecule is CC(C)N1CC(c2ncc(-c3ccsc3)[nH]2)CC1=O. The van der Waals surface area contributed by atoms with E-state index in [4.69, 9.17) is 0 Å². The average Bonchev–Trinajstić information content (AvgIpc) is 3.08. The summed E-state index contributed by atoms with van der Waals surface area (Å²) in [5, 5.41) is 4.15. The first-order valence-electron chi connectivity index (χ1n) is 6.52. The van der Waals surface area contributed by atoms with Gasteiger partial charge in [-0.3, -0.25) is 4.79 Å². The Labute approximate surface area is 116 Å². The van der Waals surface area contributed by atoms with Crippen LogP contribution >= 0.6 is 11.3 Å². The number of imidazole rings is 1. The maximum absolute atomic E-state index is 11.9. The van der Waals surface area contributed by atoms with Gasteiger partial charge in [-0.25, -0.2) is 4.98 Å². The lowest BCUT2D eigenvalue weighted by atomic mass is 10.1. The number of nitrogens with zero attached hydrogens (tertiary/aromatic N) is 2. The van der Waals surface area contributed by atoms with E-state index in [2.05, 4.69) is 40.6 Å². The molecule has 2 aromatic heterocycles. The monoisotopic (exact) mass is 275 g/mol. The maximum Gasteiger partial charge on any atom is 0.223 e. The third-order valence-corrected chi connectivity index (χ3v) is 4.28. The first-order valence-corrected chi connectivity index (χ1v) is 7.46. The second-order valence-electron chi connectivity index (χ2n) is 5.24. The van der Waals surface area contributed by atoms with E-state index in [1.165, 1.54) is 0 Å². The zero-order valence-electron chi connectivity index (χ0n) is 11.1. The lowest BCUT2D eigenvalue weighted by Gasteiger charge is -2.20. The molecule has 0 aromatic carbocycles. The van der Waals surface area contributed by atoms with Gasteiger partial charge in [0.2, 0.25) is 5.91 Å². The number of H-pyrrole nitrogens is 1. The highest BCUT2D eigenvalue weighted by Crippen LogP contribution is 2.29. The molecule has 1 fully saturated rings. The number of hydrogen-bond acceptors (Lipinski definition) is 3. The highest BCUT2D eigenvalue weighted by molar-refractivity contribution is 7.08. The number of aromatic amines is 1. The summed E-state index contributed by atoms with van der Waals surface area (Å²) in [6, 6.07) is 2.34. The minimum absolute atomic E-state index is 0.197. The highest BCUT2D eigenvalue weighted by Gasteiger charge is 2.33. The molecule has 0 spiro atoms. The summed E-state index contributed by atoms with van der Waals surface area (Å²) in [7, 11) is 0. The summed E-state index contributed by atoms with van der Waals surface area (Å²) in [6.45, 7) is 4.88. The largest absolute Gasteiger partial charge is 0.342 e. The molecule has 4 nitrogen and oxygen atoms in total. The molecule has 0 aliphatic carbocycles. The molecule has 1 unspecified atom stereocenters. The van der Waals surface area contributed by atoms with Gasteiger partial charge in [-0.1, -0.05) is 0 Å². The lowest BCUT2D eigenvalue weighted by Crippen LogP contribution is -2.31. The van der Waals surface area contributed by atoms with Crippen molar-refractivity contribution in [3.05, 3.63) is 28.8 Å². The standard InChI is InChI=1S/C14H17N3OS/c1-9(2)17-7-11(5-13(17)18)14-15-6-12(16-14)10-3-4-19-8-10/h3-4,6,8-9,11H,5,7H2,1-2H3,(H,15,16). The van der Waals surface area contributed by atoms with Crippen molar-refractivity contribution in [1.29, 1.82) is 0 Å². The fourth-order valence-corrected chi connectivity index (χ4v) is 3.18. The number of aromatic nitrogens is 2. The maximum atomic E-state index is 11.9. The van der Waals surface area contributed by atoms with Crippen LogP contribution < -0.4 is 0 Å². The fraction of sp³-hybridized carbons (Fsp3) is 0.429. The molecule has 1 N–H and O–H groups in total. The summed E-state index contributed by atoms with van der Waals surface area (Å²) in [5.41, 5.74) is 2.19. The van der Waals surface area contributed by atoms with Crippen molar-refractivity contribution in [3.8, 4) is 11.3 Å². The Hall–Kier alpha value is -1.62. The molecule has 2 aromatic rings. The highest BCUT2D eigenvalue weighted by atomic mass is 32.1. The Morgan fingerprint density at radius 1 is 1.53 bits per heavy atom. The average molecular weight is 275 g/mol. The third kappa shape index (κ3) is 2.30. The van der Waals surface area contributed by atoms with Crippen molar-refractivity contribution >= 4 is 17.2 Å². The van der Waals surface area contributed by atoms with Gasteiger partial charge in [0.25, 0.3) is 0 Å². The molecule has 0 radical (unpaired) electrons. The number of carbonyl (C=O) groups is 1. The van der Waals surface area contributed by atoms with Crippen LogP contribution in [0.1, 0.15) is 32.0 Å². The van der Waals surface area contributed by atoms with Crippen molar-refractivity contribution in [2.24, 2.45) is 0 Å². The summed E-state index contributed by atoms with van der Waals surface area (Å²) in [6.07, 6.45) is 2.43. The number of amides is 1. The molecular weight excluding hydrogens is 258 g/mol. The van der Waals surface area contributed by atoms with E-state index in [9.17, 15) is 4.79 Å². The van der Waals surface area contributed by atoms with Crippen molar-refractivity contribution < 1.29 is 4.79 Å². The Kier molecular flexibility index (Phi) is 3.14. The van der Waals surface area contributed by atoms with E-state index < -0.39 is 0 Å². The Morgan fingerprint density at radius 2 is 2.37 bits per heavy atom. The van der Waals surface area contributed by atoms with Gasteiger partial charge in [0.1, 0.15) is 5.82 Å². The minimum atomic E-state index is 0.197. The molecule has 1 aliphatic heterocycles. The lowest BCUT2D eigenvalue weighted by molar-refractivity contribution is -0.129. The molecule has 0 saturated carbocycles. The summed E-state index contributed by atoms with van der Waals surface area (Å²) >= 11 is 1.67. The number of likely N-dealkylation sites (tertiary alicyclic amines) is 1. The molecule has 100 valence electrons. The number of nitrogens with one attached hydrogen (secondary N) is 1. The smallest absolute Gasteiger partial charge is 0.223 e. The summed E-state index contributed by atoms with van der Waals surface area (Å²) in [4.78, 5) is 21.7. The van der Waals surface area contributed by atoms with E-state index in [0.717, 1.165) is 23.6 Å². The van der Waals surface area contributed by atoms with Gasteiger partial charge in [-0.15, -0.1) is 0 Å². The van der Waals surface area contributed by atoms with Crippen molar-refractivity contribution in [1.82, 2.24) is 14.9 Å².